The van der Waals surface area contributed by atoms with Gasteiger partial charge in [-0.2, -0.15) is 9.97 Å². The van der Waals surface area contributed by atoms with E-state index in [1.165, 1.54) is 31.2 Å². The molecule has 1 atom stereocenters. The number of hydrogen-bond acceptors (Lipinski definition) is 13. The molecule has 5 N–H and O–H groups in total. The van der Waals surface area contributed by atoms with Crippen molar-refractivity contribution in [3.05, 3.63) is 70.8 Å². The zero-order valence-corrected chi connectivity index (χ0v) is 33.6. The lowest BCUT2D eigenvalue weighted by Gasteiger charge is -2.44. The Balaban J connectivity index is 1.05. The second-order valence-corrected chi connectivity index (χ2v) is 15.3. The number of rotatable bonds is 18. The molecular weight excluding hydrogens is 710 g/mol. The Kier molecular flexibility index (Phi) is 13.0. The Hall–Kier alpha value is -4.79. The van der Waals surface area contributed by atoms with E-state index < -0.39 is 0 Å². The van der Waals surface area contributed by atoms with Crippen molar-refractivity contribution >= 4 is 34.9 Å². The van der Waals surface area contributed by atoms with E-state index in [1.54, 1.807) is 26.4 Å². The monoisotopic (exact) mass is 767 g/mol. The molecule has 3 aliphatic rings. The van der Waals surface area contributed by atoms with Crippen LogP contribution in [0.2, 0.25) is 0 Å². The predicted octanol–water partition coefficient (Wildman–Crippen LogP) is 6.69. The highest BCUT2D eigenvalue weighted by atomic mass is 19.1. The van der Waals surface area contributed by atoms with Gasteiger partial charge in [-0.15, -0.1) is 0 Å². The molecule has 300 valence electrons. The number of aromatic nitrogens is 4. The summed E-state index contributed by atoms with van der Waals surface area (Å²) in [6, 6.07) is 14.0. The van der Waals surface area contributed by atoms with E-state index in [0.717, 1.165) is 87.2 Å². The largest absolute Gasteiger partial charge is 0.496 e. The summed E-state index contributed by atoms with van der Waals surface area (Å²) in [5.74, 6) is 4.29. The number of nitrogens with one attached hydrogen (secondary N) is 5. The van der Waals surface area contributed by atoms with E-state index in [4.69, 9.17) is 14.5 Å². The van der Waals surface area contributed by atoms with Gasteiger partial charge < -0.3 is 41.0 Å². The maximum absolute atomic E-state index is 16.1. The van der Waals surface area contributed by atoms with Crippen molar-refractivity contribution < 1.29 is 13.9 Å². The molecule has 2 aromatic heterocycles. The van der Waals surface area contributed by atoms with Gasteiger partial charge in [-0.1, -0.05) is 0 Å². The maximum atomic E-state index is 16.1. The standard InChI is InChI=1S/C42H58FN11O2/c1-27-20-38(44-2)51-41(47-27)48-30-10-12-36(55-4)32(23-30)28-21-29(22-28)35(54-17-8-9-18-54)24-31-25-39(45-3)52-42(49-31)50-34-11-13-37(56-5)33(40(34)43)26-46-14-19-53-15-6-7-16-53/h10-13,20,23,25,28-29,35,46H,6-9,14-19,21-22,24,26H2,1-5H3,(H2,44,47,48,51)(H2,45,49,50,52). The van der Waals surface area contributed by atoms with Gasteiger partial charge >= 0.3 is 0 Å². The molecule has 0 radical (unpaired) electrons. The smallest absolute Gasteiger partial charge is 0.229 e. The summed E-state index contributed by atoms with van der Waals surface area (Å²) in [4.78, 5) is 23.9. The number of methoxy groups -OCH3 is 2. The van der Waals surface area contributed by atoms with Crippen LogP contribution in [0, 0.1) is 18.7 Å². The van der Waals surface area contributed by atoms with Crippen LogP contribution in [0.1, 0.15) is 67.0 Å². The number of anilines is 6. The van der Waals surface area contributed by atoms with Crippen LogP contribution in [0.15, 0.2) is 42.5 Å². The van der Waals surface area contributed by atoms with Crippen molar-refractivity contribution in [2.75, 3.05) is 88.9 Å². The van der Waals surface area contributed by atoms with Gasteiger partial charge in [0.25, 0.3) is 0 Å². The van der Waals surface area contributed by atoms with Gasteiger partial charge in [-0.3, -0.25) is 4.90 Å². The average molecular weight is 768 g/mol. The van der Waals surface area contributed by atoms with Crippen molar-refractivity contribution in [1.29, 1.82) is 0 Å². The van der Waals surface area contributed by atoms with Gasteiger partial charge in [0.15, 0.2) is 5.82 Å². The topological polar surface area (TPSA) is 137 Å². The second-order valence-electron chi connectivity index (χ2n) is 15.3. The minimum Gasteiger partial charge on any atom is -0.496 e. The minimum atomic E-state index is -0.364. The first kappa shape index (κ1) is 39.4. The van der Waals surface area contributed by atoms with Gasteiger partial charge in [0.1, 0.15) is 23.1 Å². The number of ether oxygens (including phenoxy) is 2. The SMILES string of the molecule is CNc1cc(C)nc(Nc2ccc(OC)c(C3CC(C(Cc4cc(NC)nc(Nc5ccc(OC)c(CNCCN6CCCC6)c5F)n4)N4CCCC4)C3)c2)n1. The summed E-state index contributed by atoms with van der Waals surface area (Å²) < 4.78 is 27.5. The van der Waals surface area contributed by atoms with Crippen molar-refractivity contribution in [2.45, 2.75) is 70.4 Å². The first-order chi connectivity index (χ1) is 27.3. The number of benzene rings is 2. The highest BCUT2D eigenvalue weighted by Crippen LogP contribution is 2.49. The molecule has 4 heterocycles. The highest BCUT2D eigenvalue weighted by Gasteiger charge is 2.40. The summed E-state index contributed by atoms with van der Waals surface area (Å²) in [7, 11) is 7.03. The molecule has 0 spiro atoms. The molecular formula is C42H58FN11O2. The fourth-order valence-corrected chi connectivity index (χ4v) is 8.54. The zero-order valence-electron chi connectivity index (χ0n) is 33.6. The Morgan fingerprint density at radius 3 is 2.20 bits per heavy atom. The molecule has 0 amide bonds. The van der Waals surface area contributed by atoms with Crippen LogP contribution in [0.3, 0.4) is 0 Å². The van der Waals surface area contributed by atoms with Crippen LogP contribution in [-0.4, -0.2) is 103 Å². The normalized spacial score (nSPS) is 19.0. The second kappa shape index (κ2) is 18.4. The summed E-state index contributed by atoms with van der Waals surface area (Å²) in [6.45, 7) is 8.51. The van der Waals surface area contributed by atoms with E-state index in [1.807, 2.05) is 45.3 Å². The zero-order chi connectivity index (χ0) is 39.0. The van der Waals surface area contributed by atoms with Crippen molar-refractivity contribution in [3.63, 3.8) is 0 Å². The molecule has 3 fully saturated rings. The lowest BCUT2D eigenvalue weighted by molar-refractivity contribution is 0.0986. The molecule has 2 aliphatic heterocycles. The van der Waals surface area contributed by atoms with E-state index in [0.29, 0.717) is 59.1 Å². The molecule has 1 saturated carbocycles. The van der Waals surface area contributed by atoms with Crippen molar-refractivity contribution in [1.82, 2.24) is 35.1 Å². The minimum absolute atomic E-state index is 0.321. The Labute approximate surface area is 330 Å². The maximum Gasteiger partial charge on any atom is 0.229 e. The van der Waals surface area contributed by atoms with Crippen LogP contribution in [0.5, 0.6) is 11.5 Å². The van der Waals surface area contributed by atoms with Crippen LogP contribution in [0.25, 0.3) is 0 Å². The number of aryl methyl sites for hydroxylation is 1. The third-order valence-corrected chi connectivity index (χ3v) is 11.6. The quantitative estimate of drug-likeness (QED) is 0.0689. The van der Waals surface area contributed by atoms with Crippen LogP contribution < -0.4 is 36.1 Å². The lowest BCUT2D eigenvalue weighted by atomic mass is 9.67. The van der Waals surface area contributed by atoms with E-state index in [2.05, 4.69) is 57.4 Å². The Bertz CT molecular complexity index is 1930. The Morgan fingerprint density at radius 1 is 0.804 bits per heavy atom. The first-order valence-corrected chi connectivity index (χ1v) is 20.2. The molecule has 1 unspecified atom stereocenters. The predicted molar refractivity (Wildman–Crippen MR) is 222 cm³/mol. The van der Waals surface area contributed by atoms with Gasteiger partial charge in [0, 0.05) is 81.0 Å². The third-order valence-electron chi connectivity index (χ3n) is 11.6. The van der Waals surface area contributed by atoms with Crippen LogP contribution in [0.4, 0.5) is 39.3 Å². The number of nitrogens with zero attached hydrogens (tertiary/aromatic N) is 6. The fraction of sp³-hybridized carbons (Fsp3) is 0.524. The molecule has 7 rings (SSSR count). The average Bonchev–Trinajstić information content (AvgIpc) is 3.92. The van der Waals surface area contributed by atoms with Gasteiger partial charge in [-0.25, -0.2) is 14.4 Å². The van der Waals surface area contributed by atoms with Gasteiger partial charge in [0.05, 0.1) is 19.9 Å². The molecule has 4 aromatic rings. The first-order valence-electron chi connectivity index (χ1n) is 20.2. The van der Waals surface area contributed by atoms with E-state index in [-0.39, 0.29) is 5.82 Å². The molecule has 2 aromatic carbocycles. The molecule has 13 nitrogen and oxygen atoms in total. The Morgan fingerprint density at radius 2 is 1.48 bits per heavy atom. The van der Waals surface area contributed by atoms with E-state index in [9.17, 15) is 0 Å². The number of hydrogen-bond donors (Lipinski definition) is 5. The molecule has 56 heavy (non-hydrogen) atoms. The summed E-state index contributed by atoms with van der Waals surface area (Å²) >= 11 is 0. The van der Waals surface area contributed by atoms with Gasteiger partial charge in [-0.05, 0) is 119 Å². The molecule has 1 aliphatic carbocycles. The lowest BCUT2D eigenvalue weighted by Crippen LogP contribution is -2.45. The van der Waals surface area contributed by atoms with Crippen molar-refractivity contribution in [2.24, 2.45) is 5.92 Å². The highest BCUT2D eigenvalue weighted by molar-refractivity contribution is 5.61. The van der Waals surface area contributed by atoms with Crippen LogP contribution in [-0.2, 0) is 13.0 Å². The summed E-state index contributed by atoms with van der Waals surface area (Å²) in [6.07, 6.45) is 7.78. The number of halogens is 1. The molecule has 14 heteroatoms. The fourth-order valence-electron chi connectivity index (χ4n) is 8.54. The number of likely N-dealkylation sites (tertiary alicyclic amines) is 2. The molecule has 0 bridgehead atoms. The third kappa shape index (κ3) is 9.42. The summed E-state index contributed by atoms with van der Waals surface area (Å²) in [5.41, 5.74) is 4.75. The van der Waals surface area contributed by atoms with Crippen LogP contribution >= 0.6 is 0 Å². The molecule has 2 saturated heterocycles. The van der Waals surface area contributed by atoms with Gasteiger partial charge in [0.2, 0.25) is 11.9 Å². The summed E-state index contributed by atoms with van der Waals surface area (Å²) in [5, 5.41) is 16.3. The van der Waals surface area contributed by atoms with E-state index >= 15 is 4.39 Å². The van der Waals surface area contributed by atoms with Crippen molar-refractivity contribution in [3.8, 4) is 11.5 Å².